The van der Waals surface area contributed by atoms with Crippen molar-refractivity contribution in [3.63, 3.8) is 0 Å². The second-order valence-electron chi connectivity index (χ2n) is 4.53. The second-order valence-corrected chi connectivity index (χ2v) is 5.57. The molecule has 0 spiro atoms. The molecule has 0 saturated heterocycles. The molecule has 2 aromatic rings. The van der Waals surface area contributed by atoms with E-state index in [2.05, 4.69) is 40.6 Å². The molecule has 1 fully saturated rings. The molecule has 1 heterocycles. The minimum absolute atomic E-state index is 0.506. The third-order valence-electron chi connectivity index (χ3n) is 3.10. The van der Waals surface area contributed by atoms with Crippen LogP contribution < -0.4 is 5.73 Å². The summed E-state index contributed by atoms with van der Waals surface area (Å²) in [7, 11) is 0. The molecule has 5 nitrogen and oxygen atoms in total. The SMILES string of the molecule is Cc1cc(Sc2nnnn2C2CC2)ccc1CN. The molecule has 2 N–H and O–H groups in total. The van der Waals surface area contributed by atoms with E-state index < -0.39 is 0 Å². The summed E-state index contributed by atoms with van der Waals surface area (Å²) < 4.78 is 1.93. The average Bonchev–Trinajstić information content (AvgIpc) is 3.11. The number of benzene rings is 1. The molecule has 1 aromatic heterocycles. The molecule has 0 unspecified atom stereocenters. The van der Waals surface area contributed by atoms with Crippen molar-refractivity contribution in [1.82, 2.24) is 20.2 Å². The predicted octanol–water partition coefficient (Wildman–Crippen LogP) is 1.93. The maximum Gasteiger partial charge on any atom is 0.214 e. The zero-order chi connectivity index (χ0) is 12.5. The van der Waals surface area contributed by atoms with Gasteiger partial charge in [-0.1, -0.05) is 6.07 Å². The van der Waals surface area contributed by atoms with Gasteiger partial charge < -0.3 is 5.73 Å². The lowest BCUT2D eigenvalue weighted by Crippen LogP contribution is -2.00. The first-order valence-corrected chi connectivity index (χ1v) is 6.85. The molecule has 0 amide bonds. The normalized spacial score (nSPS) is 15.0. The fraction of sp³-hybridized carbons (Fsp3) is 0.417. The summed E-state index contributed by atoms with van der Waals surface area (Å²) in [4.78, 5) is 1.15. The predicted molar refractivity (Wildman–Crippen MR) is 69.3 cm³/mol. The van der Waals surface area contributed by atoms with Crippen LogP contribution in [-0.4, -0.2) is 20.2 Å². The summed E-state index contributed by atoms with van der Waals surface area (Å²) in [5.41, 5.74) is 8.06. The van der Waals surface area contributed by atoms with Gasteiger partial charge in [-0.3, -0.25) is 0 Å². The van der Waals surface area contributed by atoms with Crippen molar-refractivity contribution in [3.05, 3.63) is 29.3 Å². The number of tetrazole rings is 1. The molecule has 0 radical (unpaired) electrons. The van der Waals surface area contributed by atoms with Crippen molar-refractivity contribution in [1.29, 1.82) is 0 Å². The van der Waals surface area contributed by atoms with E-state index in [1.54, 1.807) is 11.8 Å². The summed E-state index contributed by atoms with van der Waals surface area (Å²) >= 11 is 1.61. The number of hydrogen-bond acceptors (Lipinski definition) is 5. The zero-order valence-electron chi connectivity index (χ0n) is 10.2. The van der Waals surface area contributed by atoms with Crippen LogP contribution in [0.4, 0.5) is 0 Å². The Morgan fingerprint density at radius 2 is 2.28 bits per heavy atom. The Bertz CT molecular complexity index is 561. The largest absolute Gasteiger partial charge is 0.326 e. The average molecular weight is 261 g/mol. The molecule has 18 heavy (non-hydrogen) atoms. The second kappa shape index (κ2) is 4.70. The Labute approximate surface area is 110 Å². The number of nitrogens with zero attached hydrogens (tertiary/aromatic N) is 4. The quantitative estimate of drug-likeness (QED) is 0.910. The third kappa shape index (κ3) is 2.26. The lowest BCUT2D eigenvalue weighted by Gasteiger charge is -2.06. The molecule has 0 atom stereocenters. The van der Waals surface area contributed by atoms with Crippen molar-refractivity contribution >= 4 is 11.8 Å². The molecule has 0 bridgehead atoms. The summed E-state index contributed by atoms with van der Waals surface area (Å²) in [6.07, 6.45) is 2.37. The minimum atomic E-state index is 0.506. The molecule has 1 aliphatic carbocycles. The molecule has 94 valence electrons. The highest BCUT2D eigenvalue weighted by molar-refractivity contribution is 7.99. The summed E-state index contributed by atoms with van der Waals surface area (Å²) in [5, 5.41) is 12.8. The first-order valence-electron chi connectivity index (χ1n) is 6.03. The monoisotopic (exact) mass is 261 g/mol. The van der Waals surface area contributed by atoms with Crippen molar-refractivity contribution in [2.24, 2.45) is 5.73 Å². The van der Waals surface area contributed by atoms with Crippen molar-refractivity contribution in [2.45, 2.75) is 42.4 Å². The Morgan fingerprint density at radius 1 is 1.44 bits per heavy atom. The Hall–Kier alpha value is -1.40. The Kier molecular flexibility index (Phi) is 3.05. The molecule has 1 aromatic carbocycles. The molecular formula is C12H15N5S. The van der Waals surface area contributed by atoms with Gasteiger partial charge in [0.15, 0.2) is 0 Å². The van der Waals surface area contributed by atoms with Crippen LogP contribution in [-0.2, 0) is 6.54 Å². The molecule has 1 aliphatic rings. The van der Waals surface area contributed by atoms with Gasteiger partial charge in [0, 0.05) is 11.4 Å². The van der Waals surface area contributed by atoms with Gasteiger partial charge in [0.05, 0.1) is 6.04 Å². The van der Waals surface area contributed by atoms with E-state index in [9.17, 15) is 0 Å². The number of hydrogen-bond donors (Lipinski definition) is 1. The standard InChI is InChI=1S/C12H15N5S/c1-8-6-11(5-2-9(8)7-13)18-12-14-15-16-17(12)10-3-4-10/h2,5-6,10H,3-4,7,13H2,1H3. The van der Waals surface area contributed by atoms with E-state index in [1.165, 1.54) is 24.0 Å². The van der Waals surface area contributed by atoms with Gasteiger partial charge in [-0.2, -0.15) is 0 Å². The van der Waals surface area contributed by atoms with Gasteiger partial charge in [0.1, 0.15) is 0 Å². The van der Waals surface area contributed by atoms with E-state index >= 15 is 0 Å². The first-order chi connectivity index (χ1) is 8.78. The van der Waals surface area contributed by atoms with Crippen molar-refractivity contribution < 1.29 is 0 Å². The van der Waals surface area contributed by atoms with Crippen LogP contribution in [0.1, 0.15) is 30.0 Å². The van der Waals surface area contributed by atoms with Crippen LogP contribution in [0.15, 0.2) is 28.3 Å². The van der Waals surface area contributed by atoms with Crippen molar-refractivity contribution in [3.8, 4) is 0 Å². The Balaban J connectivity index is 1.83. The van der Waals surface area contributed by atoms with Crippen LogP contribution in [0.2, 0.25) is 0 Å². The number of nitrogens with two attached hydrogens (primary N) is 1. The number of rotatable bonds is 4. The first kappa shape index (κ1) is 11.7. The highest BCUT2D eigenvalue weighted by atomic mass is 32.2. The fourth-order valence-electron chi connectivity index (χ4n) is 1.87. The number of aromatic nitrogens is 4. The maximum atomic E-state index is 5.67. The Morgan fingerprint density at radius 3 is 2.94 bits per heavy atom. The molecule has 6 heteroatoms. The maximum absolute atomic E-state index is 5.67. The lowest BCUT2D eigenvalue weighted by molar-refractivity contribution is 0.565. The minimum Gasteiger partial charge on any atom is -0.326 e. The van der Waals surface area contributed by atoms with Gasteiger partial charge in [-0.25, -0.2) is 4.68 Å². The molecular weight excluding hydrogens is 246 g/mol. The van der Waals surface area contributed by atoms with E-state index in [1.807, 2.05) is 4.68 Å². The number of aryl methyl sites for hydroxylation is 1. The van der Waals surface area contributed by atoms with Crippen LogP contribution >= 0.6 is 11.8 Å². The van der Waals surface area contributed by atoms with Gasteiger partial charge in [0.2, 0.25) is 5.16 Å². The van der Waals surface area contributed by atoms with Crippen molar-refractivity contribution in [2.75, 3.05) is 0 Å². The van der Waals surface area contributed by atoms with E-state index in [0.717, 1.165) is 10.1 Å². The summed E-state index contributed by atoms with van der Waals surface area (Å²) in [6.45, 7) is 2.66. The van der Waals surface area contributed by atoms with Gasteiger partial charge in [0.25, 0.3) is 0 Å². The molecule has 1 saturated carbocycles. The topological polar surface area (TPSA) is 69.6 Å². The van der Waals surface area contributed by atoms with Crippen LogP contribution in [0.25, 0.3) is 0 Å². The lowest BCUT2D eigenvalue weighted by atomic mass is 10.1. The summed E-state index contributed by atoms with van der Waals surface area (Å²) in [6, 6.07) is 6.79. The summed E-state index contributed by atoms with van der Waals surface area (Å²) in [5.74, 6) is 0. The van der Waals surface area contributed by atoms with Gasteiger partial charge >= 0.3 is 0 Å². The van der Waals surface area contributed by atoms with Gasteiger partial charge in [-0.05, 0) is 65.2 Å². The van der Waals surface area contributed by atoms with Crippen LogP contribution in [0.5, 0.6) is 0 Å². The fourth-order valence-corrected chi connectivity index (χ4v) is 2.81. The van der Waals surface area contributed by atoms with E-state index in [-0.39, 0.29) is 0 Å². The van der Waals surface area contributed by atoms with Crippen LogP contribution in [0, 0.1) is 6.92 Å². The zero-order valence-corrected chi connectivity index (χ0v) is 11.0. The van der Waals surface area contributed by atoms with E-state index in [0.29, 0.717) is 12.6 Å². The highest BCUT2D eigenvalue weighted by Gasteiger charge is 2.28. The van der Waals surface area contributed by atoms with Gasteiger partial charge in [-0.15, -0.1) is 5.10 Å². The molecule has 3 rings (SSSR count). The van der Waals surface area contributed by atoms with E-state index in [4.69, 9.17) is 5.73 Å². The smallest absolute Gasteiger partial charge is 0.214 e. The highest BCUT2D eigenvalue weighted by Crippen LogP contribution is 2.38. The molecule has 0 aliphatic heterocycles. The van der Waals surface area contributed by atoms with Crippen LogP contribution in [0.3, 0.4) is 0 Å². The third-order valence-corrected chi connectivity index (χ3v) is 4.04.